The maximum atomic E-state index is 11.5. The third-order valence-electron chi connectivity index (χ3n) is 3.07. The molecule has 94 valence electrons. The quantitative estimate of drug-likeness (QED) is 0.892. The van der Waals surface area contributed by atoms with Crippen LogP contribution < -0.4 is 5.73 Å². The molecule has 1 unspecified atom stereocenters. The Labute approximate surface area is 109 Å². The predicted molar refractivity (Wildman–Crippen MR) is 78.7 cm³/mol. The normalized spacial score (nSPS) is 11.3. The fraction of sp³-hybridized carbons (Fsp3) is 0.267. The van der Waals surface area contributed by atoms with Crippen LogP contribution >= 0.6 is 8.19 Å². The average molecular weight is 259 g/mol. The van der Waals surface area contributed by atoms with Crippen molar-refractivity contribution in [3.05, 3.63) is 46.5 Å². The first-order chi connectivity index (χ1) is 8.50. The van der Waals surface area contributed by atoms with Crippen molar-refractivity contribution in [3.63, 3.8) is 0 Å². The van der Waals surface area contributed by atoms with Crippen molar-refractivity contribution in [3.8, 4) is 11.1 Å². The molecule has 0 fully saturated rings. The van der Waals surface area contributed by atoms with Crippen molar-refractivity contribution in [2.75, 3.05) is 0 Å². The molecule has 0 aliphatic heterocycles. The molecular formula is C15H18NOP. The summed E-state index contributed by atoms with van der Waals surface area (Å²) in [6.07, 6.45) is 0. The van der Waals surface area contributed by atoms with E-state index in [2.05, 4.69) is 50.8 Å². The van der Waals surface area contributed by atoms with E-state index in [0.29, 0.717) is 14.1 Å². The lowest BCUT2D eigenvalue weighted by Gasteiger charge is -2.11. The van der Waals surface area contributed by atoms with E-state index < -0.39 is 0 Å². The van der Waals surface area contributed by atoms with E-state index in [1.165, 1.54) is 16.7 Å². The van der Waals surface area contributed by atoms with Crippen LogP contribution in [-0.4, -0.2) is 5.91 Å². The number of hydrogen-bond acceptors (Lipinski definition) is 1. The van der Waals surface area contributed by atoms with Gasteiger partial charge in [0.25, 0.3) is 5.91 Å². The number of amides is 1. The summed E-state index contributed by atoms with van der Waals surface area (Å²) in [5.74, 6) is 2.18. The molecule has 0 aliphatic rings. The molecule has 3 heteroatoms. The van der Waals surface area contributed by atoms with Crippen LogP contribution in [0.15, 0.2) is 30.1 Å². The van der Waals surface area contributed by atoms with E-state index >= 15 is 0 Å². The molecular weight excluding hydrogens is 241 g/mol. The van der Waals surface area contributed by atoms with Crippen molar-refractivity contribution in [2.45, 2.75) is 26.7 Å². The van der Waals surface area contributed by atoms with Gasteiger partial charge in [0.1, 0.15) is 0 Å². The number of benzene rings is 1. The molecule has 2 nitrogen and oxygen atoms in total. The van der Waals surface area contributed by atoms with E-state index in [-0.39, 0.29) is 5.91 Å². The van der Waals surface area contributed by atoms with E-state index in [1.54, 1.807) is 0 Å². The molecule has 1 amide bonds. The predicted octanol–water partition coefficient (Wildman–Crippen LogP) is 3.92. The molecule has 0 aliphatic carbocycles. The number of hydrogen-bond donors (Lipinski definition) is 1. The van der Waals surface area contributed by atoms with Gasteiger partial charge in [-0.2, -0.15) is 0 Å². The van der Waals surface area contributed by atoms with E-state index in [0.717, 1.165) is 10.9 Å². The smallest absolute Gasteiger partial charge is 0.252 e. The largest absolute Gasteiger partial charge is 0.365 e. The lowest BCUT2D eigenvalue weighted by Crippen LogP contribution is -2.11. The van der Waals surface area contributed by atoms with Gasteiger partial charge in [-0.3, -0.25) is 4.79 Å². The SMILES string of the molecule is Cc1cccc(-c2c[pH]c(C(N)=O)c2C(C)C)c1. The number of carbonyl (C=O) groups is 1. The van der Waals surface area contributed by atoms with Crippen molar-refractivity contribution < 1.29 is 4.79 Å². The number of nitrogens with two attached hydrogens (primary N) is 1. The summed E-state index contributed by atoms with van der Waals surface area (Å²) in [6, 6.07) is 8.38. The second kappa shape index (κ2) is 4.99. The third kappa shape index (κ3) is 2.34. The highest BCUT2D eigenvalue weighted by molar-refractivity contribution is 7.32. The van der Waals surface area contributed by atoms with Crippen LogP contribution in [0.3, 0.4) is 0 Å². The van der Waals surface area contributed by atoms with Crippen LogP contribution in [0.4, 0.5) is 0 Å². The van der Waals surface area contributed by atoms with Crippen LogP contribution in [0.5, 0.6) is 0 Å². The van der Waals surface area contributed by atoms with Crippen molar-refractivity contribution in [1.29, 1.82) is 0 Å². The molecule has 0 saturated heterocycles. The molecule has 1 atom stereocenters. The Morgan fingerprint density at radius 2 is 2.06 bits per heavy atom. The van der Waals surface area contributed by atoms with Gasteiger partial charge in [0.05, 0.1) is 5.30 Å². The summed E-state index contributed by atoms with van der Waals surface area (Å²) in [4.78, 5) is 11.5. The van der Waals surface area contributed by atoms with Gasteiger partial charge in [-0.1, -0.05) is 43.7 Å². The highest BCUT2D eigenvalue weighted by Gasteiger charge is 2.18. The first-order valence-corrected chi connectivity index (χ1v) is 7.16. The zero-order valence-corrected chi connectivity index (χ0v) is 11.9. The second-order valence-corrected chi connectivity index (χ2v) is 5.96. The zero-order chi connectivity index (χ0) is 13.3. The Morgan fingerprint density at radius 1 is 1.33 bits per heavy atom. The number of primary amides is 1. The Kier molecular flexibility index (Phi) is 3.58. The molecule has 2 aromatic rings. The van der Waals surface area contributed by atoms with E-state index in [1.807, 2.05) is 0 Å². The maximum Gasteiger partial charge on any atom is 0.252 e. The molecule has 1 aromatic heterocycles. The van der Waals surface area contributed by atoms with Gasteiger partial charge < -0.3 is 5.73 Å². The van der Waals surface area contributed by atoms with Crippen molar-refractivity contribution in [2.24, 2.45) is 5.73 Å². The topological polar surface area (TPSA) is 43.1 Å². The average Bonchev–Trinajstić information content (AvgIpc) is 2.73. The van der Waals surface area contributed by atoms with Gasteiger partial charge in [0.15, 0.2) is 0 Å². The number of aryl methyl sites for hydroxylation is 1. The molecule has 1 heterocycles. The van der Waals surface area contributed by atoms with Crippen molar-refractivity contribution >= 4 is 14.1 Å². The van der Waals surface area contributed by atoms with Crippen molar-refractivity contribution in [1.82, 2.24) is 0 Å². The molecule has 0 saturated carbocycles. The standard InChI is InChI=1S/C15H18NOP/c1-9(2)13-12(8-18-14(13)15(16)17)11-6-4-5-10(3)7-11/h4-9,18H,1-3H3,(H2,16,17). The van der Waals surface area contributed by atoms with Crippen LogP contribution in [0.25, 0.3) is 11.1 Å². The van der Waals surface area contributed by atoms with Gasteiger partial charge in [0, 0.05) is 0 Å². The minimum atomic E-state index is -0.282. The van der Waals surface area contributed by atoms with E-state index in [4.69, 9.17) is 5.73 Å². The van der Waals surface area contributed by atoms with Gasteiger partial charge in [0.2, 0.25) is 0 Å². The maximum absolute atomic E-state index is 11.5. The van der Waals surface area contributed by atoms with Gasteiger partial charge >= 0.3 is 0 Å². The van der Waals surface area contributed by atoms with Gasteiger partial charge in [-0.05, 0) is 35.3 Å². The molecule has 2 rings (SSSR count). The minimum Gasteiger partial charge on any atom is -0.365 e. The highest BCUT2D eigenvalue weighted by Crippen LogP contribution is 2.38. The lowest BCUT2D eigenvalue weighted by atomic mass is 9.94. The first kappa shape index (κ1) is 12.9. The second-order valence-electron chi connectivity index (χ2n) is 4.88. The van der Waals surface area contributed by atoms with Crippen LogP contribution in [0, 0.1) is 6.92 Å². The monoisotopic (exact) mass is 259 g/mol. The fourth-order valence-electron chi connectivity index (χ4n) is 2.29. The number of carbonyl (C=O) groups excluding carboxylic acids is 1. The van der Waals surface area contributed by atoms with Crippen LogP contribution in [0.2, 0.25) is 0 Å². The molecule has 2 N–H and O–H groups in total. The molecule has 18 heavy (non-hydrogen) atoms. The highest BCUT2D eigenvalue weighted by atomic mass is 31.0. The summed E-state index contributed by atoms with van der Waals surface area (Å²) in [7, 11) is 0.399. The molecule has 0 bridgehead atoms. The number of rotatable bonds is 3. The Morgan fingerprint density at radius 3 is 2.61 bits per heavy atom. The molecule has 0 spiro atoms. The van der Waals surface area contributed by atoms with E-state index in [9.17, 15) is 4.79 Å². The summed E-state index contributed by atoms with van der Waals surface area (Å²) >= 11 is 0. The molecule has 0 radical (unpaired) electrons. The van der Waals surface area contributed by atoms with Gasteiger partial charge in [-0.25, -0.2) is 0 Å². The fourth-order valence-corrected chi connectivity index (χ4v) is 3.62. The van der Waals surface area contributed by atoms with Crippen LogP contribution in [-0.2, 0) is 0 Å². The minimum absolute atomic E-state index is 0.282. The van der Waals surface area contributed by atoms with Gasteiger partial charge in [-0.15, -0.1) is 8.19 Å². The lowest BCUT2D eigenvalue weighted by molar-refractivity contribution is 0.100. The Bertz CT molecular complexity index is 584. The summed E-state index contributed by atoms with van der Waals surface area (Å²) in [6.45, 7) is 6.30. The summed E-state index contributed by atoms with van der Waals surface area (Å²) in [5.41, 5.74) is 10.2. The third-order valence-corrected chi connectivity index (χ3v) is 4.31. The summed E-state index contributed by atoms with van der Waals surface area (Å²) < 4.78 is 0. The van der Waals surface area contributed by atoms with Crippen LogP contribution in [0.1, 0.15) is 41.0 Å². The first-order valence-electron chi connectivity index (χ1n) is 6.08. The molecule has 1 aromatic carbocycles. The zero-order valence-electron chi connectivity index (χ0n) is 10.9. The summed E-state index contributed by atoms with van der Waals surface area (Å²) in [5, 5.41) is 0.793. The Balaban J connectivity index is 2.61. The Hall–Kier alpha value is -1.53.